The van der Waals surface area contributed by atoms with Crippen molar-refractivity contribution in [3.05, 3.63) is 59.9 Å². The molecule has 0 saturated carbocycles. The molecule has 2 aromatic carbocycles. The summed E-state index contributed by atoms with van der Waals surface area (Å²) >= 11 is 1.65. The maximum absolute atomic E-state index is 12.2. The number of carbonyl (C=O) groups is 1. The zero-order chi connectivity index (χ0) is 15.5. The van der Waals surface area contributed by atoms with Crippen molar-refractivity contribution in [2.24, 2.45) is 0 Å². The molecule has 22 heavy (non-hydrogen) atoms. The molecule has 1 aromatic heterocycles. The summed E-state index contributed by atoms with van der Waals surface area (Å²) in [6.07, 6.45) is 3.99. The molecular weight excluding hydrogens is 294 g/mol. The van der Waals surface area contributed by atoms with Crippen LogP contribution in [0.4, 0.5) is 5.69 Å². The molecule has 0 fully saturated rings. The van der Waals surface area contributed by atoms with Crippen molar-refractivity contribution in [2.75, 3.05) is 11.6 Å². The molecule has 4 heteroatoms. The first kappa shape index (κ1) is 14.7. The molecule has 0 aliphatic rings. The highest BCUT2D eigenvalue weighted by molar-refractivity contribution is 7.98. The van der Waals surface area contributed by atoms with E-state index in [1.165, 1.54) is 0 Å². The number of carbonyl (C=O) groups excluding carboxylic acids is 1. The van der Waals surface area contributed by atoms with Crippen LogP contribution < -0.4 is 5.32 Å². The van der Waals surface area contributed by atoms with Crippen molar-refractivity contribution in [3.8, 4) is 0 Å². The third-order valence-corrected chi connectivity index (χ3v) is 4.24. The van der Waals surface area contributed by atoms with E-state index in [9.17, 15) is 4.79 Å². The minimum Gasteiger partial charge on any atom is -0.464 e. The van der Waals surface area contributed by atoms with Gasteiger partial charge >= 0.3 is 0 Å². The third-order valence-electron chi connectivity index (χ3n) is 3.52. The SMILES string of the molecule is CSc1cccc(NC(=O)Cc2coc3cc(C)ccc23)c1. The van der Waals surface area contributed by atoms with E-state index >= 15 is 0 Å². The lowest BCUT2D eigenvalue weighted by Gasteiger charge is -2.06. The lowest BCUT2D eigenvalue weighted by atomic mass is 10.1. The summed E-state index contributed by atoms with van der Waals surface area (Å²) in [5.41, 5.74) is 3.70. The number of fused-ring (bicyclic) bond motifs is 1. The Hall–Kier alpha value is -2.20. The van der Waals surface area contributed by atoms with Crippen molar-refractivity contribution in [1.82, 2.24) is 0 Å². The first-order valence-electron chi connectivity index (χ1n) is 7.06. The highest BCUT2D eigenvalue weighted by Crippen LogP contribution is 2.23. The van der Waals surface area contributed by atoms with Gasteiger partial charge in [-0.2, -0.15) is 0 Å². The first-order chi connectivity index (χ1) is 10.7. The van der Waals surface area contributed by atoms with Crippen LogP contribution in [0.15, 0.2) is 58.0 Å². The van der Waals surface area contributed by atoms with Crippen molar-refractivity contribution in [2.45, 2.75) is 18.2 Å². The molecule has 1 heterocycles. The van der Waals surface area contributed by atoms with Gasteiger partial charge in [0.15, 0.2) is 0 Å². The Morgan fingerprint density at radius 3 is 2.91 bits per heavy atom. The Morgan fingerprint density at radius 2 is 2.09 bits per heavy atom. The average molecular weight is 311 g/mol. The normalized spacial score (nSPS) is 10.8. The van der Waals surface area contributed by atoms with Gasteiger partial charge < -0.3 is 9.73 Å². The fourth-order valence-electron chi connectivity index (χ4n) is 2.41. The van der Waals surface area contributed by atoms with E-state index in [0.717, 1.165) is 32.7 Å². The standard InChI is InChI=1S/C18H17NO2S/c1-12-6-7-16-13(11-21-17(16)8-12)9-18(20)19-14-4-3-5-15(10-14)22-2/h3-8,10-11H,9H2,1-2H3,(H,19,20). The van der Waals surface area contributed by atoms with Crippen LogP contribution in [0.2, 0.25) is 0 Å². The maximum atomic E-state index is 12.2. The van der Waals surface area contributed by atoms with E-state index in [0.29, 0.717) is 6.42 Å². The Balaban J connectivity index is 1.75. The van der Waals surface area contributed by atoms with Crippen LogP contribution in [0.3, 0.4) is 0 Å². The van der Waals surface area contributed by atoms with E-state index in [1.54, 1.807) is 18.0 Å². The summed E-state index contributed by atoms with van der Waals surface area (Å²) in [6, 6.07) is 13.8. The Morgan fingerprint density at radius 1 is 1.23 bits per heavy atom. The van der Waals surface area contributed by atoms with Gasteiger partial charge in [-0.15, -0.1) is 11.8 Å². The second-order valence-electron chi connectivity index (χ2n) is 5.22. The number of nitrogens with one attached hydrogen (secondary N) is 1. The smallest absolute Gasteiger partial charge is 0.228 e. The number of aryl methyl sites for hydroxylation is 1. The van der Waals surface area contributed by atoms with Crippen molar-refractivity contribution in [1.29, 1.82) is 0 Å². The molecule has 0 unspecified atom stereocenters. The first-order valence-corrected chi connectivity index (χ1v) is 8.29. The van der Waals surface area contributed by atoms with Gasteiger partial charge in [-0.25, -0.2) is 0 Å². The number of amides is 1. The molecule has 0 bridgehead atoms. The molecule has 0 atom stereocenters. The van der Waals surface area contributed by atoms with Crippen LogP contribution in [-0.4, -0.2) is 12.2 Å². The number of hydrogen-bond acceptors (Lipinski definition) is 3. The zero-order valence-corrected chi connectivity index (χ0v) is 13.4. The van der Waals surface area contributed by atoms with Crippen LogP contribution in [0.25, 0.3) is 11.0 Å². The van der Waals surface area contributed by atoms with Gasteiger partial charge in [-0.1, -0.05) is 18.2 Å². The van der Waals surface area contributed by atoms with Gasteiger partial charge in [0.1, 0.15) is 5.58 Å². The summed E-state index contributed by atoms with van der Waals surface area (Å²) in [4.78, 5) is 13.4. The second kappa shape index (κ2) is 6.28. The molecule has 0 aliphatic carbocycles. The van der Waals surface area contributed by atoms with Gasteiger partial charge in [0.2, 0.25) is 5.91 Å². The molecular formula is C18H17NO2S. The predicted molar refractivity (Wildman–Crippen MR) is 91.5 cm³/mol. The minimum absolute atomic E-state index is 0.0403. The fraction of sp³-hybridized carbons (Fsp3) is 0.167. The number of hydrogen-bond donors (Lipinski definition) is 1. The van der Waals surface area contributed by atoms with Gasteiger partial charge in [0, 0.05) is 21.5 Å². The second-order valence-corrected chi connectivity index (χ2v) is 6.10. The zero-order valence-electron chi connectivity index (χ0n) is 12.6. The van der Waals surface area contributed by atoms with Crippen LogP contribution in [-0.2, 0) is 11.2 Å². The summed E-state index contributed by atoms with van der Waals surface area (Å²) in [5, 5.41) is 3.94. The molecule has 0 radical (unpaired) electrons. The van der Waals surface area contributed by atoms with Gasteiger partial charge in [0.25, 0.3) is 0 Å². The molecule has 0 spiro atoms. The topological polar surface area (TPSA) is 42.2 Å². The molecule has 1 N–H and O–H groups in total. The molecule has 0 aliphatic heterocycles. The van der Waals surface area contributed by atoms with Gasteiger partial charge in [0.05, 0.1) is 12.7 Å². The molecule has 0 saturated heterocycles. The summed E-state index contributed by atoms with van der Waals surface area (Å²) in [6.45, 7) is 2.02. The highest BCUT2D eigenvalue weighted by atomic mass is 32.2. The average Bonchev–Trinajstić information content (AvgIpc) is 2.89. The summed E-state index contributed by atoms with van der Waals surface area (Å²) in [7, 11) is 0. The lowest BCUT2D eigenvalue weighted by Crippen LogP contribution is -2.14. The van der Waals surface area contributed by atoms with Crippen molar-refractivity contribution in [3.63, 3.8) is 0 Å². The summed E-state index contributed by atoms with van der Waals surface area (Å²) in [5.74, 6) is -0.0403. The molecule has 3 aromatic rings. The Kier molecular flexibility index (Phi) is 4.20. The van der Waals surface area contributed by atoms with Crippen LogP contribution >= 0.6 is 11.8 Å². The fourth-order valence-corrected chi connectivity index (χ4v) is 2.87. The maximum Gasteiger partial charge on any atom is 0.228 e. The van der Waals surface area contributed by atoms with E-state index < -0.39 is 0 Å². The largest absolute Gasteiger partial charge is 0.464 e. The number of benzene rings is 2. The molecule has 3 rings (SSSR count). The number of anilines is 1. The van der Waals surface area contributed by atoms with Crippen LogP contribution in [0.5, 0.6) is 0 Å². The van der Waals surface area contributed by atoms with E-state index in [1.807, 2.05) is 55.6 Å². The predicted octanol–water partition coefficient (Wildman–Crippen LogP) is 4.64. The number of furan rings is 1. The van der Waals surface area contributed by atoms with E-state index in [-0.39, 0.29) is 5.91 Å². The van der Waals surface area contributed by atoms with E-state index in [4.69, 9.17) is 4.42 Å². The van der Waals surface area contributed by atoms with E-state index in [2.05, 4.69) is 5.32 Å². The molecule has 1 amide bonds. The molecule has 112 valence electrons. The van der Waals surface area contributed by atoms with Crippen molar-refractivity contribution >= 4 is 34.3 Å². The lowest BCUT2D eigenvalue weighted by molar-refractivity contribution is -0.115. The van der Waals surface area contributed by atoms with Crippen molar-refractivity contribution < 1.29 is 9.21 Å². The Labute approximate surface area is 133 Å². The quantitative estimate of drug-likeness (QED) is 0.713. The van der Waals surface area contributed by atoms with Gasteiger partial charge in [-0.3, -0.25) is 4.79 Å². The van der Waals surface area contributed by atoms with Gasteiger partial charge in [-0.05, 0) is 43.0 Å². The number of thioether (sulfide) groups is 1. The number of rotatable bonds is 4. The molecule has 3 nitrogen and oxygen atoms in total. The summed E-state index contributed by atoms with van der Waals surface area (Å²) < 4.78 is 5.53. The minimum atomic E-state index is -0.0403. The third kappa shape index (κ3) is 3.17. The van der Waals surface area contributed by atoms with Crippen LogP contribution in [0.1, 0.15) is 11.1 Å². The van der Waals surface area contributed by atoms with Crippen LogP contribution in [0, 0.1) is 6.92 Å². The monoisotopic (exact) mass is 311 g/mol. The Bertz CT molecular complexity index is 823. The highest BCUT2D eigenvalue weighted by Gasteiger charge is 2.11.